The molecule has 1 aliphatic rings. The minimum absolute atomic E-state index is 0.0294. The van der Waals surface area contributed by atoms with Crippen LogP contribution >= 0.6 is 11.3 Å². The van der Waals surface area contributed by atoms with Crippen LogP contribution in [0.25, 0.3) is 0 Å². The number of sulfonamides is 1. The Hall–Kier alpha value is -1.71. The van der Waals surface area contributed by atoms with Gasteiger partial charge in [-0.2, -0.15) is 9.40 Å². The maximum atomic E-state index is 13.0. The molecule has 0 aliphatic carbocycles. The normalized spacial score (nSPS) is 16.4. The van der Waals surface area contributed by atoms with Gasteiger partial charge in [-0.3, -0.25) is 9.48 Å². The van der Waals surface area contributed by atoms with Gasteiger partial charge in [0.15, 0.2) is 0 Å². The fraction of sp³-hybridized carbons (Fsp3) is 0.500. The third-order valence-corrected chi connectivity index (χ3v) is 7.48. The molecule has 2 aromatic rings. The topological polar surface area (TPSA) is 75.5 Å². The molecule has 0 saturated carbocycles. The average molecular weight is 383 g/mol. The number of piperazine rings is 1. The first kappa shape index (κ1) is 18.1. The molecule has 7 nitrogen and oxygen atoms in total. The van der Waals surface area contributed by atoms with E-state index in [0.29, 0.717) is 53.9 Å². The van der Waals surface area contributed by atoms with E-state index >= 15 is 0 Å². The molecule has 25 heavy (non-hydrogen) atoms. The summed E-state index contributed by atoms with van der Waals surface area (Å²) in [6.07, 6.45) is 0. The quantitative estimate of drug-likeness (QED) is 0.807. The minimum Gasteiger partial charge on any atom is -0.335 e. The molecule has 0 radical (unpaired) electrons. The van der Waals surface area contributed by atoms with Crippen LogP contribution in [0.2, 0.25) is 0 Å². The van der Waals surface area contributed by atoms with Crippen molar-refractivity contribution >= 4 is 27.3 Å². The van der Waals surface area contributed by atoms with E-state index in [-0.39, 0.29) is 5.91 Å². The van der Waals surface area contributed by atoms with Crippen molar-refractivity contribution < 1.29 is 13.2 Å². The van der Waals surface area contributed by atoms with Crippen molar-refractivity contribution in [2.45, 2.75) is 32.2 Å². The summed E-state index contributed by atoms with van der Waals surface area (Å²) < 4.78 is 29.2. The molecule has 1 fully saturated rings. The number of nitrogens with zero attached hydrogens (tertiary/aromatic N) is 4. The lowest BCUT2D eigenvalue weighted by Gasteiger charge is -2.33. The highest BCUT2D eigenvalue weighted by molar-refractivity contribution is 7.89. The van der Waals surface area contributed by atoms with Crippen molar-refractivity contribution in [3.8, 4) is 0 Å². The smallest absolute Gasteiger partial charge is 0.264 e. The van der Waals surface area contributed by atoms with Crippen molar-refractivity contribution in [1.29, 1.82) is 0 Å². The van der Waals surface area contributed by atoms with Gasteiger partial charge in [0.1, 0.15) is 4.90 Å². The van der Waals surface area contributed by atoms with Crippen LogP contribution in [0.1, 0.15) is 28.0 Å². The first-order chi connectivity index (χ1) is 11.9. The van der Waals surface area contributed by atoms with E-state index in [1.807, 2.05) is 18.4 Å². The average Bonchev–Trinajstić information content (AvgIpc) is 3.22. The summed E-state index contributed by atoms with van der Waals surface area (Å²) in [7, 11) is -3.60. The predicted molar refractivity (Wildman–Crippen MR) is 96.4 cm³/mol. The first-order valence-corrected chi connectivity index (χ1v) is 10.5. The van der Waals surface area contributed by atoms with Crippen LogP contribution in [-0.4, -0.2) is 59.5 Å². The molecule has 0 atom stereocenters. The second-order valence-corrected chi connectivity index (χ2v) is 8.81. The number of carbonyl (C=O) groups excluding carboxylic acids is 1. The third-order valence-electron chi connectivity index (χ3n) is 4.47. The summed E-state index contributed by atoms with van der Waals surface area (Å²) >= 11 is 1.40. The fourth-order valence-corrected chi connectivity index (χ4v) is 5.66. The monoisotopic (exact) mass is 382 g/mol. The Morgan fingerprint density at radius 3 is 2.44 bits per heavy atom. The lowest BCUT2D eigenvalue weighted by Crippen LogP contribution is -2.50. The van der Waals surface area contributed by atoms with E-state index < -0.39 is 10.0 Å². The lowest BCUT2D eigenvalue weighted by molar-refractivity contribution is 0.0702. The third kappa shape index (κ3) is 3.23. The molecule has 0 spiro atoms. The number of hydrogen-bond acceptors (Lipinski definition) is 5. The van der Waals surface area contributed by atoms with Gasteiger partial charge in [0.25, 0.3) is 5.91 Å². The van der Waals surface area contributed by atoms with Gasteiger partial charge in [0, 0.05) is 32.7 Å². The lowest BCUT2D eigenvalue weighted by atomic mass is 10.3. The van der Waals surface area contributed by atoms with Crippen LogP contribution in [0.4, 0.5) is 0 Å². The molecule has 0 bridgehead atoms. The van der Waals surface area contributed by atoms with Gasteiger partial charge in [-0.1, -0.05) is 6.07 Å². The van der Waals surface area contributed by atoms with Crippen molar-refractivity contribution in [1.82, 2.24) is 19.0 Å². The Bertz CT molecular complexity index is 864. The van der Waals surface area contributed by atoms with Gasteiger partial charge in [0.05, 0.1) is 16.3 Å². The summed E-state index contributed by atoms with van der Waals surface area (Å²) in [6, 6.07) is 3.64. The summed E-state index contributed by atoms with van der Waals surface area (Å²) in [5.41, 5.74) is 1.19. The molecule has 1 amide bonds. The zero-order valence-electron chi connectivity index (χ0n) is 14.6. The Kier molecular flexibility index (Phi) is 4.99. The van der Waals surface area contributed by atoms with Gasteiger partial charge in [-0.15, -0.1) is 11.3 Å². The van der Waals surface area contributed by atoms with Crippen LogP contribution in [-0.2, 0) is 16.6 Å². The van der Waals surface area contributed by atoms with Crippen molar-refractivity contribution in [2.24, 2.45) is 0 Å². The van der Waals surface area contributed by atoms with E-state index in [1.165, 1.54) is 15.6 Å². The van der Waals surface area contributed by atoms with E-state index in [4.69, 9.17) is 0 Å². The molecule has 9 heteroatoms. The number of aromatic nitrogens is 2. The van der Waals surface area contributed by atoms with Gasteiger partial charge in [-0.25, -0.2) is 8.42 Å². The summed E-state index contributed by atoms with van der Waals surface area (Å²) in [5, 5.41) is 6.18. The van der Waals surface area contributed by atoms with E-state index in [1.54, 1.807) is 29.5 Å². The van der Waals surface area contributed by atoms with Gasteiger partial charge < -0.3 is 4.90 Å². The number of hydrogen-bond donors (Lipinski definition) is 0. The molecule has 3 rings (SSSR count). The maximum Gasteiger partial charge on any atom is 0.264 e. The van der Waals surface area contributed by atoms with Gasteiger partial charge >= 0.3 is 0 Å². The Morgan fingerprint density at radius 1 is 1.24 bits per heavy atom. The zero-order valence-corrected chi connectivity index (χ0v) is 16.2. The molecule has 1 aliphatic heterocycles. The van der Waals surface area contributed by atoms with Crippen molar-refractivity contribution in [2.75, 3.05) is 26.2 Å². The fourth-order valence-electron chi connectivity index (χ4n) is 3.18. The summed E-state index contributed by atoms with van der Waals surface area (Å²) in [6.45, 7) is 7.48. The van der Waals surface area contributed by atoms with Gasteiger partial charge in [0.2, 0.25) is 10.0 Å². The molecule has 0 unspecified atom stereocenters. The summed E-state index contributed by atoms with van der Waals surface area (Å²) in [4.78, 5) is 15.1. The van der Waals surface area contributed by atoms with Crippen molar-refractivity contribution in [3.05, 3.63) is 33.8 Å². The minimum atomic E-state index is -3.60. The number of carbonyl (C=O) groups is 1. The van der Waals surface area contributed by atoms with Crippen LogP contribution < -0.4 is 0 Å². The molecule has 0 N–H and O–H groups in total. The van der Waals surface area contributed by atoms with Crippen LogP contribution in [0, 0.1) is 13.8 Å². The number of aryl methyl sites for hydroxylation is 2. The molecule has 0 aromatic carbocycles. The number of thiophene rings is 1. The second kappa shape index (κ2) is 6.89. The van der Waals surface area contributed by atoms with E-state index in [0.717, 1.165) is 0 Å². The zero-order chi connectivity index (χ0) is 18.2. The predicted octanol–water partition coefficient (Wildman–Crippen LogP) is 1.73. The van der Waals surface area contributed by atoms with Crippen LogP contribution in [0.15, 0.2) is 22.4 Å². The first-order valence-electron chi connectivity index (χ1n) is 8.23. The SMILES string of the molecule is CCn1nc(C)c(S(=O)(=O)N2CCN(C(=O)c3cccs3)CC2)c1C. The maximum absolute atomic E-state index is 13.0. The standard InChI is InChI=1S/C16H22N4O3S2/c1-4-20-13(3)15(12(2)17-20)25(22,23)19-9-7-18(8-10-19)16(21)14-6-5-11-24-14/h5-6,11H,4,7-10H2,1-3H3. The van der Waals surface area contributed by atoms with E-state index in [2.05, 4.69) is 5.10 Å². The molecule has 2 aromatic heterocycles. The Balaban J connectivity index is 1.76. The summed E-state index contributed by atoms with van der Waals surface area (Å²) in [5.74, 6) is -0.0294. The van der Waals surface area contributed by atoms with Crippen LogP contribution in [0.3, 0.4) is 0 Å². The van der Waals surface area contributed by atoms with Crippen molar-refractivity contribution in [3.63, 3.8) is 0 Å². The highest BCUT2D eigenvalue weighted by atomic mass is 32.2. The second-order valence-electron chi connectivity index (χ2n) is 5.99. The highest BCUT2D eigenvalue weighted by Gasteiger charge is 2.34. The Morgan fingerprint density at radius 2 is 1.92 bits per heavy atom. The molecule has 1 saturated heterocycles. The van der Waals surface area contributed by atoms with Gasteiger partial charge in [-0.05, 0) is 32.2 Å². The number of rotatable bonds is 4. The molecular formula is C16H22N4O3S2. The molecule has 136 valence electrons. The molecule has 3 heterocycles. The largest absolute Gasteiger partial charge is 0.335 e. The highest BCUT2D eigenvalue weighted by Crippen LogP contribution is 2.25. The Labute approximate surface area is 151 Å². The van der Waals surface area contributed by atoms with E-state index in [9.17, 15) is 13.2 Å². The molecular weight excluding hydrogens is 360 g/mol. The number of amides is 1. The van der Waals surface area contributed by atoms with Crippen LogP contribution in [0.5, 0.6) is 0 Å².